The normalized spacial score (nSPS) is 10.3. The average Bonchev–Trinajstić information content (AvgIpc) is 2.55. The van der Waals surface area contributed by atoms with Crippen molar-refractivity contribution in [3.8, 4) is 28.3 Å². The lowest BCUT2D eigenvalue weighted by Gasteiger charge is -2.11. The van der Waals surface area contributed by atoms with Crippen LogP contribution in [0.15, 0.2) is 54.6 Å². The van der Waals surface area contributed by atoms with Gasteiger partial charge in [0.15, 0.2) is 0 Å². The Kier molecular flexibility index (Phi) is 3.47. The second-order valence-electron chi connectivity index (χ2n) is 4.43. The fourth-order valence-electron chi connectivity index (χ4n) is 2.16. The van der Waals surface area contributed by atoms with E-state index < -0.39 is 0 Å². The fourth-order valence-corrected chi connectivity index (χ4v) is 2.16. The van der Waals surface area contributed by atoms with Gasteiger partial charge in [0.25, 0.3) is 0 Å². The van der Waals surface area contributed by atoms with E-state index in [9.17, 15) is 0 Å². The monoisotopic (exact) mass is 278 g/mol. The average molecular weight is 278 g/mol. The number of rotatable bonds is 3. The molecule has 1 aromatic heterocycles. The number of hydrogen-bond donors (Lipinski definition) is 1. The van der Waals surface area contributed by atoms with E-state index >= 15 is 0 Å². The smallest absolute Gasteiger partial charge is 0.240 e. The molecule has 0 amide bonds. The standard InChI is InChI=1S/C16H14N4O/c1-21-13-10-6-5-9-12(13)15-14(18-16(17)20-19-15)11-7-3-2-4-8-11/h2-10H,1H3,(H2,17,18,20). The second kappa shape index (κ2) is 5.58. The molecule has 0 bridgehead atoms. The van der Waals surface area contributed by atoms with Crippen LogP contribution in [0.3, 0.4) is 0 Å². The van der Waals surface area contributed by atoms with Crippen LogP contribution in [0, 0.1) is 0 Å². The van der Waals surface area contributed by atoms with E-state index in [0.29, 0.717) is 11.4 Å². The van der Waals surface area contributed by atoms with Gasteiger partial charge in [0.2, 0.25) is 5.95 Å². The van der Waals surface area contributed by atoms with Gasteiger partial charge in [-0.1, -0.05) is 42.5 Å². The van der Waals surface area contributed by atoms with Crippen LogP contribution in [0.2, 0.25) is 0 Å². The lowest BCUT2D eigenvalue weighted by molar-refractivity contribution is 0.416. The molecule has 0 saturated heterocycles. The number of anilines is 1. The molecule has 0 spiro atoms. The molecule has 0 fully saturated rings. The van der Waals surface area contributed by atoms with Gasteiger partial charge < -0.3 is 10.5 Å². The minimum absolute atomic E-state index is 0.146. The Morgan fingerprint density at radius 3 is 2.33 bits per heavy atom. The van der Waals surface area contributed by atoms with Crippen molar-refractivity contribution in [2.45, 2.75) is 0 Å². The first-order valence-corrected chi connectivity index (χ1v) is 6.48. The first-order valence-electron chi connectivity index (χ1n) is 6.48. The van der Waals surface area contributed by atoms with Crippen molar-refractivity contribution in [1.29, 1.82) is 0 Å². The predicted octanol–water partition coefficient (Wildman–Crippen LogP) is 2.80. The van der Waals surface area contributed by atoms with E-state index in [4.69, 9.17) is 10.5 Å². The maximum atomic E-state index is 5.70. The minimum atomic E-state index is 0.146. The molecule has 0 aliphatic rings. The summed E-state index contributed by atoms with van der Waals surface area (Å²) in [6, 6.07) is 17.4. The van der Waals surface area contributed by atoms with Gasteiger partial charge in [-0.2, -0.15) is 0 Å². The number of methoxy groups -OCH3 is 1. The Balaban J connectivity index is 2.24. The van der Waals surface area contributed by atoms with Crippen molar-refractivity contribution in [3.63, 3.8) is 0 Å². The molecule has 1 heterocycles. The lowest BCUT2D eigenvalue weighted by Crippen LogP contribution is -2.03. The highest BCUT2D eigenvalue weighted by molar-refractivity contribution is 5.81. The van der Waals surface area contributed by atoms with Crippen LogP contribution in [0.5, 0.6) is 5.75 Å². The van der Waals surface area contributed by atoms with Crippen molar-refractivity contribution in [1.82, 2.24) is 15.2 Å². The van der Waals surface area contributed by atoms with Crippen LogP contribution in [-0.4, -0.2) is 22.3 Å². The van der Waals surface area contributed by atoms with Gasteiger partial charge in [-0.05, 0) is 12.1 Å². The summed E-state index contributed by atoms with van der Waals surface area (Å²) in [5.41, 5.74) is 8.79. The van der Waals surface area contributed by atoms with Crippen LogP contribution < -0.4 is 10.5 Å². The van der Waals surface area contributed by atoms with Crippen LogP contribution >= 0.6 is 0 Å². The van der Waals surface area contributed by atoms with E-state index in [1.165, 1.54) is 0 Å². The Morgan fingerprint density at radius 1 is 0.857 bits per heavy atom. The van der Waals surface area contributed by atoms with E-state index in [1.807, 2.05) is 54.6 Å². The second-order valence-corrected chi connectivity index (χ2v) is 4.43. The van der Waals surface area contributed by atoms with E-state index in [2.05, 4.69) is 15.2 Å². The molecule has 21 heavy (non-hydrogen) atoms. The molecule has 0 saturated carbocycles. The highest BCUT2D eigenvalue weighted by Crippen LogP contribution is 2.34. The van der Waals surface area contributed by atoms with Crippen LogP contribution in [0.1, 0.15) is 0 Å². The largest absolute Gasteiger partial charge is 0.496 e. The summed E-state index contributed by atoms with van der Waals surface area (Å²) in [5, 5.41) is 8.09. The Bertz CT molecular complexity index is 759. The summed E-state index contributed by atoms with van der Waals surface area (Å²) in [6.45, 7) is 0. The third-order valence-corrected chi connectivity index (χ3v) is 3.11. The van der Waals surface area contributed by atoms with E-state index in [-0.39, 0.29) is 5.95 Å². The summed E-state index contributed by atoms with van der Waals surface area (Å²) >= 11 is 0. The summed E-state index contributed by atoms with van der Waals surface area (Å²) in [4.78, 5) is 4.34. The highest BCUT2D eigenvalue weighted by atomic mass is 16.5. The summed E-state index contributed by atoms with van der Waals surface area (Å²) in [5.74, 6) is 0.864. The van der Waals surface area contributed by atoms with Gasteiger partial charge in [-0.15, -0.1) is 10.2 Å². The number of nitrogen functional groups attached to an aromatic ring is 1. The first kappa shape index (κ1) is 13.1. The van der Waals surface area contributed by atoms with Gasteiger partial charge in [0.1, 0.15) is 17.1 Å². The molecular formula is C16H14N4O. The molecule has 104 valence electrons. The van der Waals surface area contributed by atoms with Gasteiger partial charge in [0, 0.05) is 11.1 Å². The third-order valence-electron chi connectivity index (χ3n) is 3.11. The molecule has 0 unspecified atom stereocenters. The van der Waals surface area contributed by atoms with Gasteiger partial charge in [-0.3, -0.25) is 0 Å². The molecule has 0 aliphatic carbocycles. The molecule has 3 rings (SSSR count). The summed E-state index contributed by atoms with van der Waals surface area (Å²) in [6.07, 6.45) is 0. The van der Waals surface area contributed by atoms with Gasteiger partial charge >= 0.3 is 0 Å². The molecule has 0 radical (unpaired) electrons. The van der Waals surface area contributed by atoms with Crippen molar-refractivity contribution in [2.24, 2.45) is 0 Å². The van der Waals surface area contributed by atoms with Crippen molar-refractivity contribution in [3.05, 3.63) is 54.6 Å². The lowest BCUT2D eigenvalue weighted by atomic mass is 10.0. The summed E-state index contributed by atoms with van der Waals surface area (Å²) in [7, 11) is 1.62. The predicted molar refractivity (Wildman–Crippen MR) is 81.7 cm³/mol. The molecule has 0 aliphatic heterocycles. The Morgan fingerprint density at radius 2 is 1.57 bits per heavy atom. The number of nitrogens with zero attached hydrogens (tertiary/aromatic N) is 3. The molecule has 2 N–H and O–H groups in total. The van der Waals surface area contributed by atoms with Crippen LogP contribution in [-0.2, 0) is 0 Å². The van der Waals surface area contributed by atoms with Gasteiger partial charge in [0.05, 0.1) is 7.11 Å². The fraction of sp³-hybridized carbons (Fsp3) is 0.0625. The highest BCUT2D eigenvalue weighted by Gasteiger charge is 2.15. The Hall–Kier alpha value is -2.95. The van der Waals surface area contributed by atoms with E-state index in [1.54, 1.807) is 7.11 Å². The minimum Gasteiger partial charge on any atom is -0.496 e. The number of para-hydroxylation sites is 1. The third kappa shape index (κ3) is 2.53. The zero-order valence-corrected chi connectivity index (χ0v) is 11.5. The molecule has 5 nitrogen and oxygen atoms in total. The number of nitrogens with two attached hydrogens (primary N) is 1. The van der Waals surface area contributed by atoms with E-state index in [0.717, 1.165) is 16.9 Å². The zero-order valence-electron chi connectivity index (χ0n) is 11.5. The number of benzene rings is 2. The van der Waals surface area contributed by atoms with Crippen molar-refractivity contribution in [2.75, 3.05) is 12.8 Å². The molecule has 0 atom stereocenters. The van der Waals surface area contributed by atoms with Crippen LogP contribution in [0.4, 0.5) is 5.95 Å². The summed E-state index contributed by atoms with van der Waals surface area (Å²) < 4.78 is 5.39. The SMILES string of the molecule is COc1ccccc1-c1nnc(N)nc1-c1ccccc1. The number of aromatic nitrogens is 3. The van der Waals surface area contributed by atoms with Crippen LogP contribution in [0.25, 0.3) is 22.5 Å². The molecule has 2 aromatic carbocycles. The topological polar surface area (TPSA) is 73.9 Å². The van der Waals surface area contributed by atoms with Crippen molar-refractivity contribution >= 4 is 5.95 Å². The molecular weight excluding hydrogens is 264 g/mol. The first-order chi connectivity index (χ1) is 10.3. The van der Waals surface area contributed by atoms with Crippen molar-refractivity contribution < 1.29 is 4.74 Å². The van der Waals surface area contributed by atoms with Gasteiger partial charge in [-0.25, -0.2) is 4.98 Å². The number of ether oxygens (including phenoxy) is 1. The maximum absolute atomic E-state index is 5.70. The quantitative estimate of drug-likeness (QED) is 0.797. The Labute approximate surface area is 122 Å². The maximum Gasteiger partial charge on any atom is 0.240 e. The number of hydrogen-bond acceptors (Lipinski definition) is 5. The molecule has 5 heteroatoms. The zero-order chi connectivity index (χ0) is 14.7. The molecule has 3 aromatic rings.